The molecule has 3 heteroatoms. The Hall–Kier alpha value is -1.51. The first-order valence-corrected chi connectivity index (χ1v) is 4.33. The van der Waals surface area contributed by atoms with Gasteiger partial charge in [-0.05, 0) is 25.0 Å². The fourth-order valence-corrected chi connectivity index (χ4v) is 1.14. The summed E-state index contributed by atoms with van der Waals surface area (Å²) in [6, 6.07) is 7.07. The Morgan fingerprint density at radius 2 is 2.08 bits per heavy atom. The van der Waals surface area contributed by atoms with Crippen molar-refractivity contribution in [2.45, 2.75) is 18.9 Å². The highest BCUT2D eigenvalue weighted by Crippen LogP contribution is 2.28. The molecule has 0 heterocycles. The summed E-state index contributed by atoms with van der Waals surface area (Å²) in [5, 5.41) is 0. The van der Waals surface area contributed by atoms with Crippen LogP contribution in [0.4, 0.5) is 0 Å². The zero-order valence-electron chi connectivity index (χ0n) is 7.19. The summed E-state index contributed by atoms with van der Waals surface area (Å²) in [6.45, 7) is 0. The lowest BCUT2D eigenvalue weighted by atomic mass is 10.2. The van der Waals surface area contributed by atoms with Crippen LogP contribution in [-0.4, -0.2) is 12.0 Å². The molecule has 1 aromatic carbocycles. The van der Waals surface area contributed by atoms with Crippen molar-refractivity contribution in [3.05, 3.63) is 29.8 Å². The van der Waals surface area contributed by atoms with Gasteiger partial charge >= 0.3 is 0 Å². The number of para-hydroxylation sites is 1. The van der Waals surface area contributed by atoms with E-state index in [1.807, 2.05) is 6.07 Å². The number of primary amides is 1. The number of hydrogen-bond acceptors (Lipinski definition) is 2. The van der Waals surface area contributed by atoms with Crippen LogP contribution in [0.1, 0.15) is 23.2 Å². The van der Waals surface area contributed by atoms with Crippen LogP contribution in [0.3, 0.4) is 0 Å². The molecular weight excluding hydrogens is 166 g/mol. The van der Waals surface area contributed by atoms with E-state index in [0.29, 0.717) is 17.4 Å². The van der Waals surface area contributed by atoms with Crippen molar-refractivity contribution < 1.29 is 9.53 Å². The molecule has 1 aliphatic rings. The molecule has 0 spiro atoms. The fraction of sp³-hybridized carbons (Fsp3) is 0.300. The maximum Gasteiger partial charge on any atom is 0.252 e. The number of hydrogen-bond donors (Lipinski definition) is 1. The molecule has 1 fully saturated rings. The Morgan fingerprint density at radius 3 is 2.69 bits per heavy atom. The summed E-state index contributed by atoms with van der Waals surface area (Å²) >= 11 is 0. The van der Waals surface area contributed by atoms with Gasteiger partial charge in [0, 0.05) is 0 Å². The van der Waals surface area contributed by atoms with Crippen LogP contribution in [0.2, 0.25) is 0 Å². The monoisotopic (exact) mass is 177 g/mol. The molecule has 0 radical (unpaired) electrons. The molecule has 0 saturated heterocycles. The Kier molecular flexibility index (Phi) is 1.93. The van der Waals surface area contributed by atoms with E-state index in [1.165, 1.54) is 0 Å². The molecular formula is C10H11NO2. The molecule has 1 aliphatic carbocycles. The molecule has 1 aromatic rings. The lowest BCUT2D eigenvalue weighted by Gasteiger charge is -2.07. The van der Waals surface area contributed by atoms with Crippen molar-refractivity contribution >= 4 is 5.91 Å². The van der Waals surface area contributed by atoms with E-state index in [-0.39, 0.29) is 0 Å². The lowest BCUT2D eigenvalue weighted by molar-refractivity contribution is 0.0996. The summed E-state index contributed by atoms with van der Waals surface area (Å²) in [5.74, 6) is 0.175. The summed E-state index contributed by atoms with van der Waals surface area (Å²) < 4.78 is 5.52. The predicted molar refractivity (Wildman–Crippen MR) is 48.6 cm³/mol. The second-order valence-electron chi connectivity index (χ2n) is 3.18. The van der Waals surface area contributed by atoms with Gasteiger partial charge in [0.05, 0.1) is 11.7 Å². The topological polar surface area (TPSA) is 52.3 Å². The van der Waals surface area contributed by atoms with Crippen molar-refractivity contribution in [2.24, 2.45) is 5.73 Å². The molecule has 1 saturated carbocycles. The van der Waals surface area contributed by atoms with Gasteiger partial charge in [-0.2, -0.15) is 0 Å². The van der Waals surface area contributed by atoms with Gasteiger partial charge < -0.3 is 10.5 Å². The summed E-state index contributed by atoms with van der Waals surface area (Å²) in [6.07, 6.45) is 2.45. The highest BCUT2D eigenvalue weighted by atomic mass is 16.5. The van der Waals surface area contributed by atoms with Gasteiger partial charge in [-0.15, -0.1) is 0 Å². The largest absolute Gasteiger partial charge is 0.490 e. The van der Waals surface area contributed by atoms with Crippen molar-refractivity contribution in [3.63, 3.8) is 0 Å². The Labute approximate surface area is 76.5 Å². The van der Waals surface area contributed by atoms with Gasteiger partial charge in [-0.1, -0.05) is 12.1 Å². The van der Waals surface area contributed by atoms with E-state index >= 15 is 0 Å². The minimum Gasteiger partial charge on any atom is -0.490 e. The zero-order chi connectivity index (χ0) is 9.26. The van der Waals surface area contributed by atoms with Crippen LogP contribution < -0.4 is 10.5 Å². The maximum atomic E-state index is 11.0. The number of carbonyl (C=O) groups is 1. The van der Waals surface area contributed by atoms with Gasteiger partial charge in [-0.3, -0.25) is 4.79 Å². The van der Waals surface area contributed by atoms with Gasteiger partial charge in [0.25, 0.3) is 5.91 Å². The van der Waals surface area contributed by atoms with Crippen molar-refractivity contribution in [1.82, 2.24) is 0 Å². The third kappa shape index (κ3) is 1.80. The minimum atomic E-state index is -0.434. The number of rotatable bonds is 3. The van der Waals surface area contributed by atoms with E-state index < -0.39 is 5.91 Å². The molecule has 0 unspecified atom stereocenters. The fourth-order valence-electron chi connectivity index (χ4n) is 1.14. The Balaban J connectivity index is 2.25. The predicted octanol–water partition coefficient (Wildman–Crippen LogP) is 1.33. The average molecular weight is 177 g/mol. The molecule has 2 rings (SSSR count). The number of amides is 1. The minimum absolute atomic E-state index is 0.292. The van der Waals surface area contributed by atoms with E-state index in [2.05, 4.69) is 0 Å². The number of nitrogens with two attached hydrogens (primary N) is 1. The van der Waals surface area contributed by atoms with E-state index in [4.69, 9.17) is 10.5 Å². The SMILES string of the molecule is NC(=O)c1ccccc1OC1CC1. The highest BCUT2D eigenvalue weighted by Gasteiger charge is 2.24. The number of ether oxygens (including phenoxy) is 1. The molecule has 13 heavy (non-hydrogen) atoms. The lowest BCUT2D eigenvalue weighted by Crippen LogP contribution is -2.13. The molecule has 0 bridgehead atoms. The van der Waals surface area contributed by atoms with Crippen molar-refractivity contribution in [1.29, 1.82) is 0 Å². The third-order valence-electron chi connectivity index (χ3n) is 1.97. The maximum absolute atomic E-state index is 11.0. The van der Waals surface area contributed by atoms with Gasteiger partial charge in [0.15, 0.2) is 0 Å². The van der Waals surface area contributed by atoms with Crippen molar-refractivity contribution in [3.8, 4) is 5.75 Å². The van der Waals surface area contributed by atoms with Crippen LogP contribution in [-0.2, 0) is 0 Å². The van der Waals surface area contributed by atoms with Crippen molar-refractivity contribution in [2.75, 3.05) is 0 Å². The van der Waals surface area contributed by atoms with Gasteiger partial charge in [0.1, 0.15) is 5.75 Å². The smallest absolute Gasteiger partial charge is 0.252 e. The summed E-state index contributed by atoms with van der Waals surface area (Å²) in [5.41, 5.74) is 5.66. The average Bonchev–Trinajstić information content (AvgIpc) is 2.89. The summed E-state index contributed by atoms with van der Waals surface area (Å²) in [7, 11) is 0. The van der Waals surface area contributed by atoms with Gasteiger partial charge in [0.2, 0.25) is 0 Å². The zero-order valence-corrected chi connectivity index (χ0v) is 7.19. The number of benzene rings is 1. The summed E-state index contributed by atoms with van der Waals surface area (Å²) in [4.78, 5) is 11.0. The number of carbonyl (C=O) groups excluding carboxylic acids is 1. The standard InChI is InChI=1S/C10H11NO2/c11-10(12)8-3-1-2-4-9(8)13-7-5-6-7/h1-4,7H,5-6H2,(H2,11,12). The molecule has 2 N–H and O–H groups in total. The molecule has 0 atom stereocenters. The normalized spacial score (nSPS) is 15.4. The molecule has 0 aliphatic heterocycles. The first kappa shape index (κ1) is 8.10. The first-order valence-electron chi connectivity index (χ1n) is 4.33. The third-order valence-corrected chi connectivity index (χ3v) is 1.97. The van der Waals surface area contributed by atoms with E-state index in [9.17, 15) is 4.79 Å². The first-order chi connectivity index (χ1) is 6.27. The molecule has 0 aromatic heterocycles. The Bertz CT molecular complexity index is 331. The van der Waals surface area contributed by atoms with Crippen LogP contribution in [0.15, 0.2) is 24.3 Å². The second-order valence-corrected chi connectivity index (χ2v) is 3.18. The molecule has 1 amide bonds. The van der Waals surface area contributed by atoms with E-state index in [1.54, 1.807) is 18.2 Å². The molecule has 3 nitrogen and oxygen atoms in total. The van der Waals surface area contributed by atoms with Crippen LogP contribution in [0.5, 0.6) is 5.75 Å². The van der Waals surface area contributed by atoms with E-state index in [0.717, 1.165) is 12.8 Å². The van der Waals surface area contributed by atoms with Gasteiger partial charge in [-0.25, -0.2) is 0 Å². The second kappa shape index (κ2) is 3.09. The molecule has 68 valence electrons. The van der Waals surface area contributed by atoms with Crippen LogP contribution in [0, 0.1) is 0 Å². The highest BCUT2D eigenvalue weighted by molar-refractivity contribution is 5.95. The van der Waals surface area contributed by atoms with Crippen LogP contribution in [0.25, 0.3) is 0 Å². The van der Waals surface area contributed by atoms with Crippen LogP contribution >= 0.6 is 0 Å². The quantitative estimate of drug-likeness (QED) is 0.757. The Morgan fingerprint density at radius 1 is 1.38 bits per heavy atom.